The van der Waals surface area contributed by atoms with E-state index >= 15 is 0 Å². The first-order chi connectivity index (χ1) is 20.1. The summed E-state index contributed by atoms with van der Waals surface area (Å²) in [5.41, 5.74) is 14.9. The Labute approximate surface area is 285 Å². The first kappa shape index (κ1) is 36.4. The van der Waals surface area contributed by atoms with E-state index in [1.54, 1.807) is 0 Å². The van der Waals surface area contributed by atoms with Crippen molar-refractivity contribution in [2.24, 2.45) is 11.3 Å². The Morgan fingerprint density at radius 3 is 1.64 bits per heavy atom. The molecule has 0 fully saturated rings. The number of fused-ring (bicyclic) bond motifs is 3. The van der Waals surface area contributed by atoms with E-state index in [1.165, 1.54) is 79.9 Å². The normalized spacial score (nSPS) is 16.0. The summed E-state index contributed by atoms with van der Waals surface area (Å²) in [6, 6.07) is 23.9. The van der Waals surface area contributed by atoms with Crippen LogP contribution in [-0.4, -0.2) is 3.71 Å². The first-order valence-corrected chi connectivity index (χ1v) is 17.7. The van der Waals surface area contributed by atoms with Gasteiger partial charge in [-0.05, 0) is 17.4 Å². The summed E-state index contributed by atoms with van der Waals surface area (Å²) in [5, 5.41) is 0. The molecule has 0 nitrogen and oxygen atoms in total. The molecular formula is C43H56Zr. The van der Waals surface area contributed by atoms with Gasteiger partial charge in [-0.3, -0.25) is 6.08 Å². The molecule has 2 aliphatic rings. The topological polar surface area (TPSA) is 0 Å². The van der Waals surface area contributed by atoms with Crippen molar-refractivity contribution < 1.29 is 24.2 Å². The minimum Gasteiger partial charge on any atom is -0.266 e. The summed E-state index contributed by atoms with van der Waals surface area (Å²) in [6.45, 7) is 31.5. The number of allylic oxidation sites excluding steroid dienone is 4. The average Bonchev–Trinajstić information content (AvgIpc) is 3.45. The molecule has 3 aromatic rings. The molecule has 0 amide bonds. The molecule has 44 heavy (non-hydrogen) atoms. The zero-order valence-electron chi connectivity index (χ0n) is 30.1. The van der Waals surface area contributed by atoms with Crippen molar-refractivity contribution in [1.82, 2.24) is 0 Å². The molecule has 5 rings (SSSR count). The molecule has 2 aliphatic carbocycles. The van der Waals surface area contributed by atoms with Gasteiger partial charge in [-0.1, -0.05) is 122 Å². The van der Waals surface area contributed by atoms with E-state index < -0.39 is 0 Å². The fourth-order valence-electron chi connectivity index (χ4n) is 5.71. The van der Waals surface area contributed by atoms with Gasteiger partial charge in [-0.15, -0.1) is 5.56 Å². The van der Waals surface area contributed by atoms with Gasteiger partial charge >= 0.3 is 89.5 Å². The molecule has 0 bridgehead atoms. The molecule has 232 valence electrons. The summed E-state index contributed by atoms with van der Waals surface area (Å²) in [6.07, 6.45) is 6.74. The summed E-state index contributed by atoms with van der Waals surface area (Å²) >= 11 is 1.46. The number of hydrogen-bond acceptors (Lipinski definition) is 0. The largest absolute Gasteiger partial charge is 0.266 e. The Kier molecular flexibility index (Phi) is 11.3. The summed E-state index contributed by atoms with van der Waals surface area (Å²) in [5.74, 6) is 0.518. The van der Waals surface area contributed by atoms with Gasteiger partial charge in [0.2, 0.25) is 0 Å². The third-order valence-corrected chi connectivity index (χ3v) is 9.36. The van der Waals surface area contributed by atoms with Crippen LogP contribution in [0.4, 0.5) is 0 Å². The van der Waals surface area contributed by atoms with Crippen molar-refractivity contribution in [3.63, 3.8) is 0 Å². The standard InChI is InChI=1S/C21H25.C11H17.C11H14.Zr/c1-20(2,3)16-9-7-14-11-15-8-10-17(21(4,5)6)13-19(15)18(14)12-16;1-8-6-9(2)10(7-8)11(3,4)5;1-9-5-7-10(8-6-9)11(2,3)4;/h7,9-10,12-13H,11H2,1-6H3;7-8H,1-5H3;1,5-8H,2-4H3;/q2*-1;;+2. The monoisotopic (exact) mass is 662 g/mol. The van der Waals surface area contributed by atoms with Crippen molar-refractivity contribution in [3.05, 3.63) is 117 Å². The van der Waals surface area contributed by atoms with Crippen LogP contribution in [0.25, 0.3) is 11.1 Å². The van der Waals surface area contributed by atoms with Crippen molar-refractivity contribution in [2.45, 2.75) is 120 Å². The fourth-order valence-corrected chi connectivity index (χ4v) is 6.19. The predicted octanol–water partition coefficient (Wildman–Crippen LogP) is 11.7. The maximum absolute atomic E-state index is 3.53. The van der Waals surface area contributed by atoms with Crippen LogP contribution in [0, 0.1) is 23.5 Å². The number of rotatable bonds is 1. The summed E-state index contributed by atoms with van der Waals surface area (Å²) < 4.78 is 2.21. The second-order valence-corrected chi connectivity index (χ2v) is 17.4. The fraction of sp³-hybridized carbons (Fsp3) is 0.465. The van der Waals surface area contributed by atoms with Crippen molar-refractivity contribution in [1.29, 1.82) is 0 Å². The van der Waals surface area contributed by atoms with E-state index in [1.807, 2.05) is 0 Å². The van der Waals surface area contributed by atoms with Crippen LogP contribution in [0.2, 0.25) is 0 Å². The molecule has 0 saturated carbocycles. The maximum atomic E-state index is 3.53. The SMILES string of the molecule is CC(C)(C)c1c[c-]c2c(c1)-c1cc(C(C)(C)C)ccc1C2.CC(C)(C)c1ccc([CH]=[Zr+2])cc1.CC1=[C-]C(C)C=C1C(C)(C)C. The molecule has 1 atom stereocenters. The van der Waals surface area contributed by atoms with Gasteiger partial charge in [-0.2, -0.15) is 41.0 Å². The quantitative estimate of drug-likeness (QED) is 0.178. The van der Waals surface area contributed by atoms with E-state index in [4.69, 9.17) is 0 Å². The molecule has 0 heterocycles. The van der Waals surface area contributed by atoms with Gasteiger partial charge in [0.1, 0.15) is 0 Å². The van der Waals surface area contributed by atoms with Crippen LogP contribution in [0.3, 0.4) is 0 Å². The van der Waals surface area contributed by atoms with Gasteiger partial charge < -0.3 is 0 Å². The van der Waals surface area contributed by atoms with E-state index in [0.29, 0.717) is 11.3 Å². The van der Waals surface area contributed by atoms with Gasteiger partial charge in [-0.25, -0.2) is 5.57 Å². The van der Waals surface area contributed by atoms with Crippen LogP contribution in [-0.2, 0) is 46.9 Å². The minimum atomic E-state index is 0.177. The Hall–Kier alpha value is -2.11. The summed E-state index contributed by atoms with van der Waals surface area (Å²) in [7, 11) is 0. The molecular weight excluding hydrogens is 608 g/mol. The smallest absolute Gasteiger partial charge is 0.0716 e. The van der Waals surface area contributed by atoms with Gasteiger partial charge in [0.25, 0.3) is 0 Å². The molecule has 0 aromatic heterocycles. The minimum absolute atomic E-state index is 0.177. The average molecular weight is 664 g/mol. The Bertz CT molecular complexity index is 1450. The Balaban J connectivity index is 0.000000196. The van der Waals surface area contributed by atoms with Crippen LogP contribution in [0.5, 0.6) is 0 Å². The van der Waals surface area contributed by atoms with Crippen LogP contribution < -0.4 is 0 Å². The van der Waals surface area contributed by atoms with Crippen LogP contribution in [0.15, 0.2) is 71.8 Å². The molecule has 0 aliphatic heterocycles. The van der Waals surface area contributed by atoms with E-state index in [9.17, 15) is 0 Å². The second-order valence-electron chi connectivity index (χ2n) is 16.7. The second kappa shape index (κ2) is 13.7. The molecule has 3 aromatic carbocycles. The summed E-state index contributed by atoms with van der Waals surface area (Å²) in [4.78, 5) is 0. The first-order valence-electron chi connectivity index (χ1n) is 16.2. The molecule has 1 heteroatoms. The third kappa shape index (κ3) is 9.45. The maximum Gasteiger partial charge on any atom is -0.0716 e. The van der Waals surface area contributed by atoms with E-state index in [2.05, 4.69) is 173 Å². The van der Waals surface area contributed by atoms with Gasteiger partial charge in [0.05, 0.1) is 0 Å². The zero-order valence-corrected chi connectivity index (χ0v) is 32.6. The Morgan fingerprint density at radius 2 is 1.20 bits per heavy atom. The van der Waals surface area contributed by atoms with Gasteiger partial charge in [0, 0.05) is 0 Å². The number of hydrogen-bond donors (Lipinski definition) is 0. The molecule has 0 radical (unpaired) electrons. The zero-order chi connectivity index (χ0) is 33.3. The molecule has 1 unspecified atom stereocenters. The van der Waals surface area contributed by atoms with E-state index in [-0.39, 0.29) is 16.2 Å². The van der Waals surface area contributed by atoms with Crippen LogP contribution in [0.1, 0.15) is 130 Å². The third-order valence-electron chi connectivity index (χ3n) is 8.54. The molecule has 0 spiro atoms. The van der Waals surface area contributed by atoms with E-state index in [0.717, 1.165) is 6.42 Å². The van der Waals surface area contributed by atoms with Crippen LogP contribution >= 0.6 is 0 Å². The number of benzene rings is 3. The molecule has 0 saturated heterocycles. The van der Waals surface area contributed by atoms with Crippen molar-refractivity contribution in [3.8, 4) is 11.1 Å². The predicted molar refractivity (Wildman–Crippen MR) is 190 cm³/mol. The van der Waals surface area contributed by atoms with Crippen molar-refractivity contribution >= 4 is 3.71 Å². The Morgan fingerprint density at radius 1 is 0.682 bits per heavy atom. The van der Waals surface area contributed by atoms with Crippen molar-refractivity contribution in [2.75, 3.05) is 0 Å². The van der Waals surface area contributed by atoms with Gasteiger partial charge in [0.15, 0.2) is 0 Å². The molecule has 0 N–H and O–H groups in total.